The van der Waals surface area contributed by atoms with Crippen LogP contribution >= 0.6 is 22.9 Å². The second-order valence-corrected chi connectivity index (χ2v) is 8.62. The second-order valence-electron chi connectivity index (χ2n) is 7.10. The summed E-state index contributed by atoms with van der Waals surface area (Å²) >= 11 is 7.27. The summed E-state index contributed by atoms with van der Waals surface area (Å²) in [6, 6.07) is 6.59. The van der Waals surface area contributed by atoms with Crippen molar-refractivity contribution in [3.8, 4) is 0 Å². The van der Waals surface area contributed by atoms with Crippen LogP contribution in [0.3, 0.4) is 0 Å². The van der Waals surface area contributed by atoms with Gasteiger partial charge in [-0.2, -0.15) is 0 Å². The molecule has 1 aliphatic rings. The van der Waals surface area contributed by atoms with Crippen molar-refractivity contribution in [2.75, 3.05) is 5.32 Å². The lowest BCUT2D eigenvalue weighted by atomic mass is 9.97. The van der Waals surface area contributed by atoms with Gasteiger partial charge in [-0.05, 0) is 49.4 Å². The lowest BCUT2D eigenvalue weighted by molar-refractivity contribution is -0.137. The van der Waals surface area contributed by atoms with Gasteiger partial charge in [-0.15, -0.1) is 11.3 Å². The molecule has 1 aliphatic carbocycles. The maximum absolute atomic E-state index is 13.0. The number of rotatable bonds is 5. The van der Waals surface area contributed by atoms with E-state index in [2.05, 4.69) is 5.32 Å². The Hall–Kier alpha value is -2.91. The van der Waals surface area contributed by atoms with E-state index in [1.54, 1.807) is 24.3 Å². The van der Waals surface area contributed by atoms with Gasteiger partial charge in [0.25, 0.3) is 5.56 Å². The summed E-state index contributed by atoms with van der Waals surface area (Å²) in [6.45, 7) is -1.10. The number of nitrogens with zero attached hydrogens (tertiary/aromatic N) is 2. The highest BCUT2D eigenvalue weighted by atomic mass is 35.5. The quantitative estimate of drug-likeness (QED) is 0.624. The molecule has 1 aromatic carbocycles. The van der Waals surface area contributed by atoms with Crippen LogP contribution in [0.5, 0.6) is 0 Å². The molecule has 0 aliphatic heterocycles. The molecule has 10 heteroatoms. The van der Waals surface area contributed by atoms with Crippen molar-refractivity contribution in [3.05, 3.63) is 60.6 Å². The van der Waals surface area contributed by atoms with Crippen LogP contribution in [0.25, 0.3) is 10.2 Å². The van der Waals surface area contributed by atoms with Crippen molar-refractivity contribution in [1.82, 2.24) is 9.13 Å². The number of carbonyl (C=O) groups excluding carboxylic acids is 1. The van der Waals surface area contributed by atoms with Crippen molar-refractivity contribution in [1.29, 1.82) is 0 Å². The van der Waals surface area contributed by atoms with Gasteiger partial charge in [0.1, 0.15) is 17.9 Å². The molecular weight excluding hydrogens is 430 g/mol. The number of hydrogen-bond donors (Lipinski definition) is 2. The predicted octanol–water partition coefficient (Wildman–Crippen LogP) is 2.48. The third-order valence-electron chi connectivity index (χ3n) is 5.02. The van der Waals surface area contributed by atoms with Gasteiger partial charge in [-0.25, -0.2) is 9.36 Å². The van der Waals surface area contributed by atoms with E-state index in [9.17, 15) is 24.3 Å². The van der Waals surface area contributed by atoms with Crippen LogP contribution in [0.4, 0.5) is 5.69 Å². The highest BCUT2D eigenvalue weighted by Gasteiger charge is 2.25. The van der Waals surface area contributed by atoms with Gasteiger partial charge < -0.3 is 10.4 Å². The van der Waals surface area contributed by atoms with Gasteiger partial charge in [0, 0.05) is 15.6 Å². The smallest absolute Gasteiger partial charge is 0.333 e. The Labute approximate surface area is 179 Å². The Kier molecular flexibility index (Phi) is 5.48. The summed E-state index contributed by atoms with van der Waals surface area (Å²) in [4.78, 5) is 51.2. The number of aryl methyl sites for hydroxylation is 2. The number of benzene rings is 1. The van der Waals surface area contributed by atoms with Gasteiger partial charge >= 0.3 is 11.7 Å². The summed E-state index contributed by atoms with van der Waals surface area (Å²) in [7, 11) is 0. The molecule has 2 heterocycles. The highest BCUT2D eigenvalue weighted by Crippen LogP contribution is 2.34. The van der Waals surface area contributed by atoms with Crippen LogP contribution in [0.1, 0.15) is 23.3 Å². The van der Waals surface area contributed by atoms with E-state index in [4.69, 9.17) is 11.6 Å². The number of thiophene rings is 1. The fourth-order valence-corrected chi connectivity index (χ4v) is 5.30. The Morgan fingerprint density at radius 2 is 1.90 bits per heavy atom. The summed E-state index contributed by atoms with van der Waals surface area (Å²) in [5.41, 5.74) is -0.0754. The number of carbonyl (C=O) groups is 2. The molecule has 0 spiro atoms. The fraction of sp³-hybridized carbons (Fsp3) is 0.300. The van der Waals surface area contributed by atoms with E-state index in [0.717, 1.165) is 29.7 Å². The highest BCUT2D eigenvalue weighted by molar-refractivity contribution is 7.18. The third kappa shape index (κ3) is 3.78. The molecule has 0 radical (unpaired) electrons. The minimum absolute atomic E-state index is 0.346. The summed E-state index contributed by atoms with van der Waals surface area (Å²) in [5, 5.41) is 12.7. The first-order valence-electron chi connectivity index (χ1n) is 9.40. The number of hydrogen-bond acceptors (Lipinski definition) is 5. The first-order valence-corrected chi connectivity index (χ1v) is 10.6. The second kappa shape index (κ2) is 8.08. The zero-order chi connectivity index (χ0) is 21.4. The van der Waals surface area contributed by atoms with E-state index in [1.165, 1.54) is 15.9 Å². The number of aromatic nitrogens is 2. The zero-order valence-electron chi connectivity index (χ0n) is 15.8. The average molecular weight is 448 g/mol. The molecule has 1 amide bonds. The normalized spacial score (nSPS) is 13.2. The van der Waals surface area contributed by atoms with Gasteiger partial charge in [-0.3, -0.25) is 19.0 Å². The number of fused-ring (bicyclic) bond motifs is 3. The largest absolute Gasteiger partial charge is 0.480 e. The Balaban J connectivity index is 1.82. The van der Waals surface area contributed by atoms with Crippen LogP contribution in [-0.2, 0) is 35.5 Å². The lowest BCUT2D eigenvalue weighted by Crippen LogP contribution is -2.43. The third-order valence-corrected chi connectivity index (χ3v) is 6.57. The van der Waals surface area contributed by atoms with Crippen molar-refractivity contribution < 1.29 is 14.7 Å². The first kappa shape index (κ1) is 20.4. The van der Waals surface area contributed by atoms with E-state index >= 15 is 0 Å². The lowest BCUT2D eigenvalue weighted by Gasteiger charge is -2.12. The van der Waals surface area contributed by atoms with Gasteiger partial charge in [-0.1, -0.05) is 17.7 Å². The maximum atomic E-state index is 13.0. The molecule has 2 aromatic heterocycles. The van der Waals surface area contributed by atoms with Crippen LogP contribution in [0.2, 0.25) is 5.02 Å². The molecule has 156 valence electrons. The molecule has 8 nitrogen and oxygen atoms in total. The van der Waals surface area contributed by atoms with E-state index in [-0.39, 0.29) is 6.54 Å². The summed E-state index contributed by atoms with van der Waals surface area (Å²) in [5.74, 6) is -1.78. The Morgan fingerprint density at radius 1 is 1.13 bits per heavy atom. The molecule has 3 aromatic rings. The van der Waals surface area contributed by atoms with Crippen LogP contribution in [-0.4, -0.2) is 26.1 Å². The average Bonchev–Trinajstić information content (AvgIpc) is 3.08. The molecule has 0 bridgehead atoms. The summed E-state index contributed by atoms with van der Waals surface area (Å²) in [6.07, 6.45) is 3.41. The minimum Gasteiger partial charge on any atom is -0.480 e. The van der Waals surface area contributed by atoms with Crippen LogP contribution < -0.4 is 16.6 Å². The molecule has 0 atom stereocenters. The number of anilines is 1. The topological polar surface area (TPSA) is 110 Å². The van der Waals surface area contributed by atoms with Crippen molar-refractivity contribution in [2.45, 2.75) is 38.8 Å². The molecular formula is C20H18ClN3O5S. The van der Waals surface area contributed by atoms with Crippen molar-refractivity contribution in [2.24, 2.45) is 0 Å². The van der Waals surface area contributed by atoms with E-state index in [0.29, 0.717) is 31.9 Å². The van der Waals surface area contributed by atoms with Gasteiger partial charge in [0.2, 0.25) is 5.91 Å². The Bertz CT molecular complexity index is 1290. The molecule has 0 unspecified atom stereocenters. The van der Waals surface area contributed by atoms with Crippen molar-refractivity contribution in [3.63, 3.8) is 0 Å². The minimum atomic E-state index is -1.30. The van der Waals surface area contributed by atoms with E-state index < -0.39 is 29.7 Å². The van der Waals surface area contributed by atoms with Gasteiger partial charge in [0.15, 0.2) is 0 Å². The fourth-order valence-electron chi connectivity index (χ4n) is 3.74. The van der Waals surface area contributed by atoms with E-state index in [1.807, 2.05) is 0 Å². The molecule has 0 saturated carbocycles. The maximum Gasteiger partial charge on any atom is 0.333 e. The molecule has 30 heavy (non-hydrogen) atoms. The monoisotopic (exact) mass is 447 g/mol. The number of halogens is 1. The number of aliphatic carboxylic acids is 1. The SMILES string of the molecule is O=C(O)Cn1c(=O)c2c3c(sc2n(CC(=O)Nc2cccc(Cl)c2)c1=O)CCCC3. The number of carboxylic acid groups (broad SMARTS) is 1. The standard InChI is InChI=1S/C20H18ClN3O5S/c21-11-4-3-5-12(8-11)22-15(25)9-24-19-17(13-6-1-2-7-14(13)30-19)18(28)23(20(24)29)10-16(26)27/h3-5,8H,1-2,6-7,9-10H2,(H,22,25)(H,26,27). The molecule has 0 saturated heterocycles. The Morgan fingerprint density at radius 3 is 2.63 bits per heavy atom. The summed E-state index contributed by atoms with van der Waals surface area (Å²) < 4.78 is 1.89. The molecule has 2 N–H and O–H groups in total. The zero-order valence-corrected chi connectivity index (χ0v) is 17.4. The van der Waals surface area contributed by atoms with Crippen LogP contribution in [0.15, 0.2) is 33.9 Å². The number of carboxylic acids is 1. The van der Waals surface area contributed by atoms with Crippen molar-refractivity contribution >= 4 is 50.7 Å². The molecule has 0 fully saturated rings. The first-order chi connectivity index (χ1) is 14.3. The predicted molar refractivity (Wildman–Crippen MR) is 115 cm³/mol. The molecule has 4 rings (SSSR count). The number of amides is 1. The van der Waals surface area contributed by atoms with Crippen LogP contribution in [0, 0.1) is 0 Å². The number of nitrogens with one attached hydrogen (secondary N) is 1. The van der Waals surface area contributed by atoms with Gasteiger partial charge in [0.05, 0.1) is 5.39 Å².